The van der Waals surface area contributed by atoms with Gasteiger partial charge in [0.25, 0.3) is 0 Å². The van der Waals surface area contributed by atoms with Crippen molar-refractivity contribution in [3.05, 3.63) is 0 Å². The monoisotopic (exact) mass is 298 g/mol. The second-order valence-corrected chi connectivity index (χ2v) is 6.53. The number of amides is 1. The van der Waals surface area contributed by atoms with Crippen molar-refractivity contribution in [1.82, 2.24) is 20.0 Å². The minimum atomic E-state index is -0.0632. The molecule has 2 aliphatic heterocycles. The molecule has 2 atom stereocenters. The Morgan fingerprint density at radius 2 is 2.14 bits per heavy atom. The smallest absolute Gasteiger partial charge is 0.240 e. The van der Waals surface area contributed by atoms with Crippen LogP contribution in [-0.2, 0) is 9.53 Å². The molecular weight excluding hydrogens is 268 g/mol. The largest absolute Gasteiger partial charge is 0.374 e. The quantitative estimate of drug-likeness (QED) is 0.755. The molecule has 2 aliphatic rings. The fourth-order valence-corrected chi connectivity index (χ4v) is 3.09. The number of rotatable bonds is 4. The zero-order chi connectivity index (χ0) is 15.4. The second-order valence-electron chi connectivity index (χ2n) is 6.53. The van der Waals surface area contributed by atoms with E-state index in [9.17, 15) is 4.79 Å². The van der Waals surface area contributed by atoms with Gasteiger partial charge in [0, 0.05) is 59.4 Å². The zero-order valence-electron chi connectivity index (χ0n) is 13.8. The number of piperazine rings is 1. The molecular formula is C15H30N4O2. The Morgan fingerprint density at radius 3 is 2.81 bits per heavy atom. The van der Waals surface area contributed by atoms with Crippen molar-refractivity contribution in [2.45, 2.75) is 32.0 Å². The molecule has 21 heavy (non-hydrogen) atoms. The number of carbonyl (C=O) groups is 1. The third kappa shape index (κ3) is 4.39. The second kappa shape index (κ2) is 7.54. The molecule has 0 aromatic carbocycles. The van der Waals surface area contributed by atoms with Crippen LogP contribution < -0.4 is 5.32 Å². The number of likely N-dealkylation sites (N-methyl/N-ethyl adjacent to an activating group) is 1. The lowest BCUT2D eigenvalue weighted by Crippen LogP contribution is -2.60. The highest BCUT2D eigenvalue weighted by atomic mass is 16.5. The van der Waals surface area contributed by atoms with Gasteiger partial charge in [-0.2, -0.15) is 0 Å². The summed E-state index contributed by atoms with van der Waals surface area (Å²) in [6.07, 6.45) is 0.205. The van der Waals surface area contributed by atoms with Gasteiger partial charge in [0.05, 0.1) is 12.7 Å². The average Bonchev–Trinajstić information content (AvgIpc) is 2.47. The summed E-state index contributed by atoms with van der Waals surface area (Å²) >= 11 is 0. The Kier molecular flexibility index (Phi) is 5.98. The highest BCUT2D eigenvalue weighted by Gasteiger charge is 2.33. The summed E-state index contributed by atoms with van der Waals surface area (Å²) in [6, 6.07) is 0.491. The molecule has 2 fully saturated rings. The lowest BCUT2D eigenvalue weighted by atomic mass is 10.1. The first kappa shape index (κ1) is 16.7. The van der Waals surface area contributed by atoms with Crippen LogP contribution in [0.1, 0.15) is 13.8 Å². The summed E-state index contributed by atoms with van der Waals surface area (Å²) < 4.78 is 5.92. The summed E-state index contributed by atoms with van der Waals surface area (Å²) in [5.41, 5.74) is 0. The van der Waals surface area contributed by atoms with Crippen molar-refractivity contribution in [3.63, 3.8) is 0 Å². The summed E-state index contributed by atoms with van der Waals surface area (Å²) in [5.74, 6) is 0.179. The highest BCUT2D eigenvalue weighted by Crippen LogP contribution is 2.13. The molecule has 0 bridgehead atoms. The maximum absolute atomic E-state index is 12.3. The van der Waals surface area contributed by atoms with Gasteiger partial charge in [-0.25, -0.2) is 0 Å². The molecule has 0 saturated carbocycles. The number of carbonyl (C=O) groups excluding carboxylic acids is 1. The van der Waals surface area contributed by atoms with E-state index >= 15 is 0 Å². The van der Waals surface area contributed by atoms with Gasteiger partial charge in [0.15, 0.2) is 0 Å². The zero-order valence-corrected chi connectivity index (χ0v) is 13.8. The highest BCUT2D eigenvalue weighted by molar-refractivity contribution is 5.81. The lowest BCUT2D eigenvalue weighted by Gasteiger charge is -2.41. The number of hydrogen-bond acceptors (Lipinski definition) is 5. The molecule has 0 aromatic heterocycles. The predicted octanol–water partition coefficient (Wildman–Crippen LogP) is -0.542. The average molecular weight is 298 g/mol. The van der Waals surface area contributed by atoms with E-state index in [0.29, 0.717) is 6.04 Å². The molecule has 6 heteroatoms. The molecule has 6 nitrogen and oxygen atoms in total. The van der Waals surface area contributed by atoms with Gasteiger partial charge in [-0.3, -0.25) is 14.6 Å². The van der Waals surface area contributed by atoms with E-state index in [1.54, 1.807) is 4.90 Å². The molecule has 2 heterocycles. The van der Waals surface area contributed by atoms with Gasteiger partial charge in [-0.15, -0.1) is 0 Å². The molecule has 1 N–H and O–H groups in total. The third-order valence-electron chi connectivity index (χ3n) is 4.42. The number of morpholine rings is 1. The minimum absolute atomic E-state index is 0.0632. The number of hydrogen-bond donors (Lipinski definition) is 1. The summed E-state index contributed by atoms with van der Waals surface area (Å²) in [6.45, 7) is 10.6. The van der Waals surface area contributed by atoms with Crippen LogP contribution in [0.5, 0.6) is 0 Å². The van der Waals surface area contributed by atoms with Crippen molar-refractivity contribution in [3.8, 4) is 0 Å². The first-order valence-electron chi connectivity index (χ1n) is 8.00. The summed E-state index contributed by atoms with van der Waals surface area (Å²) in [5, 5.41) is 3.32. The lowest BCUT2D eigenvalue weighted by molar-refractivity contribution is -0.136. The fourth-order valence-electron chi connectivity index (χ4n) is 3.09. The minimum Gasteiger partial charge on any atom is -0.374 e. The van der Waals surface area contributed by atoms with Crippen molar-refractivity contribution >= 4 is 5.91 Å². The van der Waals surface area contributed by atoms with E-state index in [1.165, 1.54) is 0 Å². The van der Waals surface area contributed by atoms with Crippen LogP contribution in [0.3, 0.4) is 0 Å². The molecule has 0 spiro atoms. The third-order valence-corrected chi connectivity index (χ3v) is 4.42. The summed E-state index contributed by atoms with van der Waals surface area (Å²) in [7, 11) is 3.65. The Labute approximate surface area is 128 Å². The van der Waals surface area contributed by atoms with Crippen molar-refractivity contribution in [2.75, 3.05) is 60.0 Å². The van der Waals surface area contributed by atoms with Crippen molar-refractivity contribution in [1.29, 1.82) is 0 Å². The van der Waals surface area contributed by atoms with E-state index in [4.69, 9.17) is 4.74 Å². The van der Waals surface area contributed by atoms with Gasteiger partial charge >= 0.3 is 0 Å². The van der Waals surface area contributed by atoms with Crippen LogP contribution in [0.2, 0.25) is 0 Å². The number of ether oxygens (including phenoxy) is 1. The molecule has 122 valence electrons. The normalized spacial score (nSPS) is 28.8. The van der Waals surface area contributed by atoms with Crippen LogP contribution in [0, 0.1) is 0 Å². The van der Waals surface area contributed by atoms with Gasteiger partial charge in [0.2, 0.25) is 5.91 Å². The molecule has 0 aliphatic carbocycles. The van der Waals surface area contributed by atoms with Crippen LogP contribution in [0.15, 0.2) is 0 Å². The van der Waals surface area contributed by atoms with Gasteiger partial charge in [-0.05, 0) is 13.8 Å². The first-order chi connectivity index (χ1) is 9.99. The molecule has 0 aromatic rings. The van der Waals surface area contributed by atoms with E-state index in [-0.39, 0.29) is 18.1 Å². The Hall–Kier alpha value is -0.690. The topological polar surface area (TPSA) is 48.1 Å². The summed E-state index contributed by atoms with van der Waals surface area (Å²) in [4.78, 5) is 18.7. The van der Waals surface area contributed by atoms with Gasteiger partial charge in [-0.1, -0.05) is 0 Å². The molecule has 1 amide bonds. The van der Waals surface area contributed by atoms with Gasteiger partial charge in [0.1, 0.15) is 6.04 Å². The van der Waals surface area contributed by atoms with Crippen molar-refractivity contribution in [2.24, 2.45) is 0 Å². The number of nitrogens with one attached hydrogen (secondary N) is 1. The van der Waals surface area contributed by atoms with Crippen LogP contribution >= 0.6 is 0 Å². The maximum atomic E-state index is 12.3. The maximum Gasteiger partial charge on any atom is 0.240 e. The molecule has 0 radical (unpaired) electrons. The Morgan fingerprint density at radius 1 is 1.38 bits per heavy atom. The molecule has 2 unspecified atom stereocenters. The van der Waals surface area contributed by atoms with Crippen LogP contribution in [-0.4, -0.2) is 98.8 Å². The SMILES string of the molecule is CC(C)N1CCOC(CN2CCNCC2C(=O)N(C)C)C1. The van der Waals surface area contributed by atoms with Crippen LogP contribution in [0.4, 0.5) is 0 Å². The first-order valence-corrected chi connectivity index (χ1v) is 8.00. The van der Waals surface area contributed by atoms with E-state index in [1.807, 2.05) is 14.1 Å². The van der Waals surface area contributed by atoms with E-state index in [0.717, 1.165) is 45.9 Å². The Bertz CT molecular complexity index is 349. The fraction of sp³-hybridized carbons (Fsp3) is 0.933. The van der Waals surface area contributed by atoms with Crippen molar-refractivity contribution < 1.29 is 9.53 Å². The van der Waals surface area contributed by atoms with E-state index in [2.05, 4.69) is 29.0 Å². The Balaban J connectivity index is 1.94. The van der Waals surface area contributed by atoms with E-state index < -0.39 is 0 Å². The molecule has 2 saturated heterocycles. The van der Waals surface area contributed by atoms with Gasteiger partial charge < -0.3 is 15.0 Å². The predicted molar refractivity (Wildman–Crippen MR) is 83.4 cm³/mol. The molecule has 2 rings (SSSR count). The number of nitrogens with zero attached hydrogens (tertiary/aromatic N) is 3. The standard InChI is InChI=1S/C15H30N4O2/c1-12(2)18-7-8-21-13(10-18)11-19-6-5-16-9-14(19)15(20)17(3)4/h12-14,16H,5-11H2,1-4H3. The van der Waals surface area contributed by atoms with Crippen LogP contribution in [0.25, 0.3) is 0 Å².